The zero-order valence-corrected chi connectivity index (χ0v) is 12.7. The lowest BCUT2D eigenvalue weighted by molar-refractivity contribution is 0.245. The molecule has 0 radical (unpaired) electrons. The van der Waals surface area contributed by atoms with Crippen molar-refractivity contribution in [2.75, 3.05) is 39.3 Å². The van der Waals surface area contributed by atoms with E-state index in [9.17, 15) is 8.42 Å². The van der Waals surface area contributed by atoms with Crippen molar-refractivity contribution in [3.8, 4) is 0 Å². The summed E-state index contributed by atoms with van der Waals surface area (Å²) < 4.78 is 27.3. The first-order valence-electron chi connectivity index (χ1n) is 7.14. The number of piperazine rings is 1. The summed E-state index contributed by atoms with van der Waals surface area (Å²) in [5.41, 5.74) is 0.863. The van der Waals surface area contributed by atoms with Crippen LogP contribution in [0.4, 0.5) is 0 Å². The molecule has 112 valence electrons. The molecule has 1 fully saturated rings. The van der Waals surface area contributed by atoms with E-state index in [1.165, 1.54) is 0 Å². The monoisotopic (exact) mass is 297 g/mol. The third-order valence-electron chi connectivity index (χ3n) is 3.57. The van der Waals surface area contributed by atoms with E-state index < -0.39 is 10.0 Å². The van der Waals surface area contributed by atoms with Crippen LogP contribution in [0.5, 0.6) is 0 Å². The Balaban J connectivity index is 1.93. The van der Waals surface area contributed by atoms with Gasteiger partial charge in [0.15, 0.2) is 0 Å². The molecule has 0 saturated carbocycles. The van der Waals surface area contributed by atoms with Gasteiger partial charge in [-0.2, -0.15) is 0 Å². The van der Waals surface area contributed by atoms with Crippen LogP contribution in [0.25, 0.3) is 0 Å². The van der Waals surface area contributed by atoms with Crippen LogP contribution < -0.4 is 10.0 Å². The van der Waals surface area contributed by atoms with E-state index in [4.69, 9.17) is 0 Å². The molecular weight excluding hydrogens is 274 g/mol. The fraction of sp³-hybridized carbons (Fsp3) is 0.571. The van der Waals surface area contributed by atoms with Crippen molar-refractivity contribution >= 4 is 10.0 Å². The van der Waals surface area contributed by atoms with Gasteiger partial charge in [-0.15, -0.1) is 0 Å². The van der Waals surface area contributed by atoms with Crippen LogP contribution in [0.15, 0.2) is 29.2 Å². The molecule has 1 saturated heterocycles. The van der Waals surface area contributed by atoms with Gasteiger partial charge in [-0.3, -0.25) is 4.90 Å². The van der Waals surface area contributed by atoms with Gasteiger partial charge in [-0.25, -0.2) is 13.1 Å². The molecule has 0 bridgehead atoms. The molecule has 0 atom stereocenters. The lowest BCUT2D eigenvalue weighted by Crippen LogP contribution is -2.46. The first-order chi connectivity index (χ1) is 9.63. The molecule has 1 aliphatic rings. The van der Waals surface area contributed by atoms with Gasteiger partial charge in [0.2, 0.25) is 10.0 Å². The lowest BCUT2D eigenvalue weighted by atomic mass is 10.2. The predicted octanol–water partition coefficient (Wildman–Crippen LogP) is 0.433. The molecule has 5 nitrogen and oxygen atoms in total. The highest BCUT2D eigenvalue weighted by molar-refractivity contribution is 7.89. The Morgan fingerprint density at radius 1 is 1.25 bits per heavy atom. The van der Waals surface area contributed by atoms with E-state index in [0.29, 0.717) is 11.4 Å². The van der Waals surface area contributed by atoms with Crippen molar-refractivity contribution in [1.29, 1.82) is 0 Å². The van der Waals surface area contributed by atoms with Gasteiger partial charge in [0, 0.05) is 39.3 Å². The molecule has 0 unspecified atom stereocenters. The minimum atomic E-state index is -3.40. The predicted molar refractivity (Wildman–Crippen MR) is 80.3 cm³/mol. The van der Waals surface area contributed by atoms with Crippen molar-refractivity contribution < 1.29 is 8.42 Å². The van der Waals surface area contributed by atoms with Crippen molar-refractivity contribution in [2.24, 2.45) is 0 Å². The van der Waals surface area contributed by atoms with E-state index in [0.717, 1.165) is 44.7 Å². The summed E-state index contributed by atoms with van der Waals surface area (Å²) in [5.74, 6) is 0. The molecule has 0 spiro atoms. The molecule has 1 aliphatic heterocycles. The number of nitrogens with zero attached hydrogens (tertiary/aromatic N) is 1. The van der Waals surface area contributed by atoms with Crippen LogP contribution in [0, 0.1) is 0 Å². The minimum absolute atomic E-state index is 0.405. The second kappa shape index (κ2) is 7.17. The van der Waals surface area contributed by atoms with Crippen molar-refractivity contribution in [3.63, 3.8) is 0 Å². The number of rotatable bonds is 6. The largest absolute Gasteiger partial charge is 0.314 e. The molecule has 2 rings (SSSR count). The van der Waals surface area contributed by atoms with Gasteiger partial charge in [0.05, 0.1) is 4.90 Å². The molecule has 1 heterocycles. The topological polar surface area (TPSA) is 61.4 Å². The fourth-order valence-electron chi connectivity index (χ4n) is 2.41. The summed E-state index contributed by atoms with van der Waals surface area (Å²) in [7, 11) is -3.40. The van der Waals surface area contributed by atoms with Gasteiger partial charge in [0.1, 0.15) is 0 Å². The molecule has 0 aliphatic carbocycles. The zero-order chi connectivity index (χ0) is 14.4. The second-order valence-electron chi connectivity index (χ2n) is 4.95. The highest BCUT2D eigenvalue weighted by Gasteiger charge is 2.17. The second-order valence-corrected chi connectivity index (χ2v) is 6.69. The van der Waals surface area contributed by atoms with E-state index in [1.807, 2.05) is 19.1 Å². The molecule has 6 heteroatoms. The zero-order valence-electron chi connectivity index (χ0n) is 11.9. The number of aryl methyl sites for hydroxylation is 1. The van der Waals surface area contributed by atoms with Gasteiger partial charge >= 0.3 is 0 Å². The van der Waals surface area contributed by atoms with Crippen LogP contribution in [0.3, 0.4) is 0 Å². The third-order valence-corrected chi connectivity index (χ3v) is 5.13. The summed E-state index contributed by atoms with van der Waals surface area (Å²) in [6.07, 6.45) is 0.717. The molecule has 2 N–H and O–H groups in total. The van der Waals surface area contributed by atoms with Gasteiger partial charge in [-0.05, 0) is 18.1 Å². The Labute approximate surface area is 121 Å². The molecule has 0 amide bonds. The Bertz CT molecular complexity index is 525. The Morgan fingerprint density at radius 3 is 2.65 bits per heavy atom. The molecule has 1 aromatic carbocycles. The first kappa shape index (κ1) is 15.4. The number of hydrogen-bond donors (Lipinski definition) is 2. The number of benzene rings is 1. The normalized spacial score (nSPS) is 17.2. The van der Waals surface area contributed by atoms with E-state index >= 15 is 0 Å². The van der Waals surface area contributed by atoms with E-state index in [2.05, 4.69) is 14.9 Å². The average Bonchev–Trinajstić information content (AvgIpc) is 2.48. The SMILES string of the molecule is CCc1ccccc1S(=O)(=O)NCCN1CCNCC1. The standard InChI is InChI=1S/C14H23N3O2S/c1-2-13-5-3-4-6-14(13)20(18,19)16-9-12-17-10-7-15-8-11-17/h3-6,15-16H,2,7-12H2,1H3. The van der Waals surface area contributed by atoms with Crippen molar-refractivity contribution in [2.45, 2.75) is 18.2 Å². The van der Waals surface area contributed by atoms with Crippen LogP contribution >= 0.6 is 0 Å². The maximum Gasteiger partial charge on any atom is 0.240 e. The summed E-state index contributed by atoms with van der Waals surface area (Å²) in [6.45, 7) is 7.10. The minimum Gasteiger partial charge on any atom is -0.314 e. The lowest BCUT2D eigenvalue weighted by Gasteiger charge is -2.27. The number of nitrogens with one attached hydrogen (secondary N) is 2. The third kappa shape index (κ3) is 4.02. The van der Waals surface area contributed by atoms with E-state index in [1.54, 1.807) is 12.1 Å². The molecule has 1 aromatic rings. The number of sulfonamides is 1. The molecule has 0 aromatic heterocycles. The first-order valence-corrected chi connectivity index (χ1v) is 8.62. The van der Waals surface area contributed by atoms with E-state index in [-0.39, 0.29) is 0 Å². The van der Waals surface area contributed by atoms with Gasteiger partial charge in [-0.1, -0.05) is 25.1 Å². The van der Waals surface area contributed by atoms with Crippen LogP contribution in [0.2, 0.25) is 0 Å². The fourth-order valence-corrected chi connectivity index (χ4v) is 3.74. The quantitative estimate of drug-likeness (QED) is 0.799. The smallest absolute Gasteiger partial charge is 0.240 e. The van der Waals surface area contributed by atoms with Gasteiger partial charge in [0.25, 0.3) is 0 Å². The van der Waals surface area contributed by atoms with Crippen LogP contribution in [-0.2, 0) is 16.4 Å². The summed E-state index contributed by atoms with van der Waals surface area (Å²) >= 11 is 0. The highest BCUT2D eigenvalue weighted by Crippen LogP contribution is 2.15. The Kier molecular flexibility index (Phi) is 5.54. The molecule has 20 heavy (non-hydrogen) atoms. The maximum atomic E-state index is 12.3. The Hall–Kier alpha value is -0.950. The highest BCUT2D eigenvalue weighted by atomic mass is 32.2. The van der Waals surface area contributed by atoms with Crippen molar-refractivity contribution in [3.05, 3.63) is 29.8 Å². The number of hydrogen-bond acceptors (Lipinski definition) is 4. The molecular formula is C14H23N3O2S. The maximum absolute atomic E-state index is 12.3. The summed E-state index contributed by atoms with van der Waals surface area (Å²) in [6, 6.07) is 7.18. The summed E-state index contributed by atoms with van der Waals surface area (Å²) in [4.78, 5) is 2.67. The van der Waals surface area contributed by atoms with Crippen LogP contribution in [-0.4, -0.2) is 52.6 Å². The van der Waals surface area contributed by atoms with Crippen LogP contribution in [0.1, 0.15) is 12.5 Å². The summed E-state index contributed by atoms with van der Waals surface area (Å²) in [5, 5.41) is 3.28. The van der Waals surface area contributed by atoms with Crippen molar-refractivity contribution in [1.82, 2.24) is 14.9 Å². The Morgan fingerprint density at radius 2 is 1.95 bits per heavy atom. The van der Waals surface area contributed by atoms with Gasteiger partial charge < -0.3 is 5.32 Å². The average molecular weight is 297 g/mol.